The van der Waals surface area contributed by atoms with Crippen molar-refractivity contribution in [3.8, 4) is 0 Å². The lowest BCUT2D eigenvalue weighted by Crippen LogP contribution is -2.39. The van der Waals surface area contributed by atoms with Crippen molar-refractivity contribution >= 4 is 51.0 Å². The van der Waals surface area contributed by atoms with Crippen molar-refractivity contribution in [3.05, 3.63) is 30.9 Å². The Labute approximate surface area is 186 Å². The van der Waals surface area contributed by atoms with Gasteiger partial charge < -0.3 is 15.4 Å². The van der Waals surface area contributed by atoms with E-state index in [1.165, 1.54) is 47.4 Å². The molecule has 0 aliphatic rings. The number of alkyl halides is 6. The molecule has 0 aliphatic heterocycles. The van der Waals surface area contributed by atoms with Gasteiger partial charge in [0.2, 0.25) is 5.91 Å². The van der Waals surface area contributed by atoms with Crippen LogP contribution in [0.25, 0.3) is 10.2 Å². The molecule has 0 radical (unpaired) electrons. The summed E-state index contributed by atoms with van der Waals surface area (Å²) in [6, 6.07) is 4.24. The SMILES string of the molecule is C=CCOC(=O)NCCSc1nc2ccc(NC(=O)CC(C(F)(F)F)C(F)(F)F)cc2s1. The number of halogens is 6. The average molecular weight is 501 g/mol. The summed E-state index contributed by atoms with van der Waals surface area (Å²) in [6.45, 7) is 3.80. The number of hydrogen-bond acceptors (Lipinski definition) is 6. The molecule has 2 N–H and O–H groups in total. The first-order chi connectivity index (χ1) is 14.9. The number of benzene rings is 1. The van der Waals surface area contributed by atoms with Gasteiger partial charge in [0.05, 0.1) is 10.2 Å². The highest BCUT2D eigenvalue weighted by atomic mass is 32.2. The number of nitrogens with zero attached hydrogens (tertiary/aromatic N) is 1. The Hall–Kier alpha value is -2.48. The first kappa shape index (κ1) is 25.8. The van der Waals surface area contributed by atoms with Crippen LogP contribution in [0.4, 0.5) is 36.8 Å². The van der Waals surface area contributed by atoms with E-state index in [0.717, 1.165) is 0 Å². The maximum Gasteiger partial charge on any atom is 0.407 e. The quantitative estimate of drug-likeness (QED) is 0.209. The molecule has 0 saturated heterocycles. The Bertz CT molecular complexity index is 948. The number of rotatable bonds is 9. The van der Waals surface area contributed by atoms with Crippen molar-refractivity contribution in [2.75, 3.05) is 24.2 Å². The highest BCUT2D eigenvalue weighted by molar-refractivity contribution is 8.01. The van der Waals surface area contributed by atoms with E-state index in [-0.39, 0.29) is 12.3 Å². The molecular formula is C18H17F6N3O3S2. The number of anilines is 1. The van der Waals surface area contributed by atoms with Crippen LogP contribution in [0.1, 0.15) is 6.42 Å². The summed E-state index contributed by atoms with van der Waals surface area (Å²) in [5, 5.41) is 4.59. The van der Waals surface area contributed by atoms with E-state index < -0.39 is 36.7 Å². The number of nitrogens with one attached hydrogen (secondary N) is 2. The van der Waals surface area contributed by atoms with Crippen molar-refractivity contribution in [1.82, 2.24) is 10.3 Å². The van der Waals surface area contributed by atoms with Crippen LogP contribution in [-0.2, 0) is 9.53 Å². The van der Waals surface area contributed by atoms with Crippen LogP contribution in [0.2, 0.25) is 0 Å². The van der Waals surface area contributed by atoms with Gasteiger partial charge in [-0.05, 0) is 18.2 Å². The van der Waals surface area contributed by atoms with Gasteiger partial charge in [-0.3, -0.25) is 4.79 Å². The van der Waals surface area contributed by atoms with Crippen molar-refractivity contribution < 1.29 is 40.7 Å². The van der Waals surface area contributed by atoms with Crippen molar-refractivity contribution in [2.24, 2.45) is 5.92 Å². The second-order valence-corrected chi connectivity index (χ2v) is 8.59. The van der Waals surface area contributed by atoms with Gasteiger partial charge in [-0.15, -0.1) is 11.3 Å². The minimum atomic E-state index is -5.58. The molecule has 2 amide bonds. The van der Waals surface area contributed by atoms with Gasteiger partial charge >= 0.3 is 18.4 Å². The number of fused-ring (bicyclic) bond motifs is 1. The Balaban J connectivity index is 1.94. The minimum Gasteiger partial charge on any atom is -0.445 e. The smallest absolute Gasteiger partial charge is 0.407 e. The van der Waals surface area contributed by atoms with Gasteiger partial charge in [0.25, 0.3) is 0 Å². The topological polar surface area (TPSA) is 80.3 Å². The predicted octanol–water partition coefficient (Wildman–Crippen LogP) is 5.37. The molecule has 2 aromatic rings. The zero-order chi connectivity index (χ0) is 23.9. The molecule has 0 fully saturated rings. The van der Waals surface area contributed by atoms with Crippen LogP contribution in [0, 0.1) is 5.92 Å². The maximum absolute atomic E-state index is 12.6. The number of carbonyl (C=O) groups is 2. The molecule has 6 nitrogen and oxygen atoms in total. The van der Waals surface area contributed by atoms with Crippen molar-refractivity contribution in [2.45, 2.75) is 23.1 Å². The summed E-state index contributed by atoms with van der Waals surface area (Å²) in [7, 11) is 0. The Morgan fingerprint density at radius 2 is 1.91 bits per heavy atom. The van der Waals surface area contributed by atoms with E-state index in [9.17, 15) is 35.9 Å². The van der Waals surface area contributed by atoms with Gasteiger partial charge in [0, 0.05) is 24.4 Å². The predicted molar refractivity (Wildman–Crippen MR) is 109 cm³/mol. The standard InChI is InChI=1S/C18H17F6N3O3S2/c1-2-6-30-15(29)25-5-7-31-16-27-11-4-3-10(8-12(11)32-16)26-14(28)9-13(17(19,20)21)18(22,23)24/h2-4,8,13H,1,5-7,9H2,(H,25,29)(H,26,28). The van der Waals surface area contributed by atoms with Gasteiger partial charge in [-0.1, -0.05) is 24.4 Å². The van der Waals surface area contributed by atoms with E-state index in [4.69, 9.17) is 4.74 Å². The first-order valence-corrected chi connectivity index (χ1v) is 10.7. The zero-order valence-electron chi connectivity index (χ0n) is 16.2. The number of alkyl carbamates (subject to hydrolysis) is 1. The monoisotopic (exact) mass is 501 g/mol. The highest BCUT2D eigenvalue weighted by Crippen LogP contribution is 2.41. The third-order valence-corrected chi connectivity index (χ3v) is 5.92. The Morgan fingerprint density at radius 3 is 2.53 bits per heavy atom. The van der Waals surface area contributed by atoms with E-state index in [2.05, 4.69) is 22.2 Å². The minimum absolute atomic E-state index is 0.0532. The molecule has 1 aromatic heterocycles. The maximum atomic E-state index is 12.6. The summed E-state index contributed by atoms with van der Waals surface area (Å²) in [5.41, 5.74) is 0.592. The molecule has 0 spiro atoms. The van der Waals surface area contributed by atoms with E-state index >= 15 is 0 Å². The summed E-state index contributed by atoms with van der Waals surface area (Å²) in [6.07, 6.45) is -12.1. The summed E-state index contributed by atoms with van der Waals surface area (Å²) in [4.78, 5) is 27.4. The van der Waals surface area contributed by atoms with Crippen molar-refractivity contribution in [3.63, 3.8) is 0 Å². The normalized spacial score (nSPS) is 12.1. The summed E-state index contributed by atoms with van der Waals surface area (Å²) >= 11 is 2.54. The fourth-order valence-electron chi connectivity index (χ4n) is 2.33. The third-order valence-electron chi connectivity index (χ3n) is 3.76. The van der Waals surface area contributed by atoms with Crippen molar-refractivity contribution in [1.29, 1.82) is 0 Å². The number of hydrogen-bond donors (Lipinski definition) is 2. The second-order valence-electron chi connectivity index (χ2n) is 6.21. The number of thioether (sulfide) groups is 1. The first-order valence-electron chi connectivity index (χ1n) is 8.88. The van der Waals surface area contributed by atoms with Gasteiger partial charge in [0.1, 0.15) is 6.61 Å². The van der Waals surface area contributed by atoms with Crippen LogP contribution >= 0.6 is 23.1 Å². The molecule has 32 heavy (non-hydrogen) atoms. The third kappa shape index (κ3) is 7.89. The largest absolute Gasteiger partial charge is 0.445 e. The summed E-state index contributed by atoms with van der Waals surface area (Å²) < 4.78 is 81.6. The van der Waals surface area contributed by atoms with Gasteiger partial charge in [-0.2, -0.15) is 26.3 Å². The lowest BCUT2D eigenvalue weighted by molar-refractivity contribution is -0.283. The van der Waals surface area contributed by atoms with E-state index in [1.54, 1.807) is 0 Å². The average Bonchev–Trinajstić information content (AvgIpc) is 3.08. The molecule has 0 saturated carbocycles. The number of thiazole rings is 1. The fourth-order valence-corrected chi connectivity index (χ4v) is 4.37. The number of amides is 2. The van der Waals surface area contributed by atoms with E-state index in [0.29, 0.717) is 26.9 Å². The fraction of sp³-hybridized carbons (Fsp3) is 0.389. The molecule has 2 rings (SSSR count). The lowest BCUT2D eigenvalue weighted by atomic mass is 10.0. The lowest BCUT2D eigenvalue weighted by Gasteiger charge is -2.22. The van der Waals surface area contributed by atoms with E-state index in [1.807, 2.05) is 0 Å². The molecule has 0 aliphatic carbocycles. The molecule has 0 unspecified atom stereocenters. The number of carbonyl (C=O) groups excluding carboxylic acids is 2. The van der Waals surface area contributed by atoms with Crippen LogP contribution in [0.3, 0.4) is 0 Å². The molecular weight excluding hydrogens is 484 g/mol. The van der Waals surface area contributed by atoms with Gasteiger partial charge in [0.15, 0.2) is 10.3 Å². The molecule has 0 bridgehead atoms. The van der Waals surface area contributed by atoms with Gasteiger partial charge in [-0.25, -0.2) is 9.78 Å². The number of aromatic nitrogens is 1. The zero-order valence-corrected chi connectivity index (χ0v) is 17.8. The van der Waals surface area contributed by atoms with Crippen LogP contribution in [0.5, 0.6) is 0 Å². The van der Waals surface area contributed by atoms with Crippen LogP contribution < -0.4 is 10.6 Å². The number of ether oxygens (including phenoxy) is 1. The molecule has 1 heterocycles. The molecule has 0 atom stereocenters. The Morgan fingerprint density at radius 1 is 1.22 bits per heavy atom. The second kappa shape index (κ2) is 10.9. The van der Waals surface area contributed by atoms with Crippen LogP contribution in [0.15, 0.2) is 35.2 Å². The Kier molecular flexibility index (Phi) is 8.78. The summed E-state index contributed by atoms with van der Waals surface area (Å²) in [5.74, 6) is -4.67. The highest BCUT2D eigenvalue weighted by Gasteiger charge is 2.57. The molecule has 1 aromatic carbocycles. The van der Waals surface area contributed by atoms with Crippen LogP contribution in [-0.4, -0.2) is 48.2 Å². The molecule has 176 valence electrons. The molecule has 14 heteroatoms.